The lowest BCUT2D eigenvalue weighted by Crippen LogP contribution is -2.36. The molecule has 1 aromatic heterocycles. The molecule has 0 spiro atoms. The SMILES string of the molecule is NS(=O)(=O)c1ccc(CCNC(=O)C2(c3cc(-c4ccc(Cl)cc4)on3)CC2)cc1. The number of benzene rings is 2. The van der Waals surface area contributed by atoms with E-state index in [1.807, 2.05) is 18.2 Å². The zero-order valence-electron chi connectivity index (χ0n) is 16.0. The highest BCUT2D eigenvalue weighted by Crippen LogP contribution is 2.48. The molecule has 0 atom stereocenters. The highest BCUT2D eigenvalue weighted by atomic mass is 35.5. The molecule has 1 fully saturated rings. The van der Waals surface area contributed by atoms with E-state index in [1.165, 1.54) is 12.1 Å². The van der Waals surface area contributed by atoms with Crippen LogP contribution in [0.1, 0.15) is 24.1 Å². The fraction of sp³-hybridized carbons (Fsp3) is 0.238. The normalized spacial score (nSPS) is 15.0. The van der Waals surface area contributed by atoms with Crippen LogP contribution in [-0.4, -0.2) is 26.0 Å². The lowest BCUT2D eigenvalue weighted by atomic mass is 10.00. The Bertz CT molecular complexity index is 1170. The predicted molar refractivity (Wildman–Crippen MR) is 112 cm³/mol. The maximum atomic E-state index is 12.8. The first-order valence-corrected chi connectivity index (χ1v) is 11.3. The summed E-state index contributed by atoms with van der Waals surface area (Å²) in [4.78, 5) is 12.9. The maximum absolute atomic E-state index is 12.8. The van der Waals surface area contributed by atoms with Crippen LogP contribution in [-0.2, 0) is 26.7 Å². The van der Waals surface area contributed by atoms with E-state index in [2.05, 4.69) is 10.5 Å². The molecule has 1 aliphatic carbocycles. The van der Waals surface area contributed by atoms with E-state index in [1.54, 1.807) is 24.3 Å². The minimum absolute atomic E-state index is 0.0646. The van der Waals surface area contributed by atoms with E-state index in [0.29, 0.717) is 42.3 Å². The molecular weight excluding hydrogens is 426 g/mol. The van der Waals surface area contributed by atoms with Crippen LogP contribution in [0.5, 0.6) is 0 Å². The van der Waals surface area contributed by atoms with Gasteiger partial charge < -0.3 is 9.84 Å². The molecule has 1 amide bonds. The van der Waals surface area contributed by atoms with Crippen molar-refractivity contribution in [1.82, 2.24) is 10.5 Å². The molecular formula is C21H20ClN3O4S. The predicted octanol–water partition coefficient (Wildman–Crippen LogP) is 3.03. The molecule has 1 saturated carbocycles. The minimum Gasteiger partial charge on any atom is -0.356 e. The third kappa shape index (κ3) is 4.26. The highest BCUT2D eigenvalue weighted by molar-refractivity contribution is 7.89. The molecule has 7 nitrogen and oxygen atoms in total. The molecule has 3 N–H and O–H groups in total. The molecule has 0 radical (unpaired) electrons. The number of rotatable bonds is 7. The smallest absolute Gasteiger partial charge is 0.238 e. The Balaban J connectivity index is 1.37. The number of carbonyl (C=O) groups is 1. The van der Waals surface area contributed by atoms with Crippen molar-refractivity contribution < 1.29 is 17.7 Å². The quantitative estimate of drug-likeness (QED) is 0.580. The van der Waals surface area contributed by atoms with E-state index in [4.69, 9.17) is 21.3 Å². The van der Waals surface area contributed by atoms with Gasteiger partial charge in [-0.15, -0.1) is 0 Å². The number of aromatic nitrogens is 1. The third-order valence-corrected chi connectivity index (χ3v) is 6.45. The maximum Gasteiger partial charge on any atom is 0.238 e. The fourth-order valence-corrected chi connectivity index (χ4v) is 3.95. The van der Waals surface area contributed by atoms with Gasteiger partial charge in [-0.1, -0.05) is 28.9 Å². The van der Waals surface area contributed by atoms with Crippen molar-refractivity contribution in [2.45, 2.75) is 29.6 Å². The second kappa shape index (κ2) is 7.86. The van der Waals surface area contributed by atoms with Crippen LogP contribution in [0.15, 0.2) is 64.0 Å². The molecule has 1 aliphatic rings. The Morgan fingerprint density at radius 3 is 2.40 bits per heavy atom. The van der Waals surface area contributed by atoms with Crippen LogP contribution in [0.2, 0.25) is 5.02 Å². The Morgan fingerprint density at radius 2 is 1.80 bits per heavy atom. The van der Waals surface area contributed by atoms with Crippen molar-refractivity contribution in [3.8, 4) is 11.3 Å². The first kappa shape index (κ1) is 20.6. The summed E-state index contributed by atoms with van der Waals surface area (Å²) in [5.74, 6) is 0.510. The van der Waals surface area contributed by atoms with Crippen LogP contribution in [0.4, 0.5) is 0 Å². The van der Waals surface area contributed by atoms with E-state index >= 15 is 0 Å². The largest absolute Gasteiger partial charge is 0.356 e. The summed E-state index contributed by atoms with van der Waals surface area (Å²) in [7, 11) is -3.71. The third-order valence-electron chi connectivity index (χ3n) is 5.26. The lowest BCUT2D eigenvalue weighted by Gasteiger charge is -2.12. The van der Waals surface area contributed by atoms with Gasteiger partial charge in [0.05, 0.1) is 16.0 Å². The van der Waals surface area contributed by atoms with Gasteiger partial charge in [-0.25, -0.2) is 13.6 Å². The molecule has 4 rings (SSSR count). The molecule has 0 saturated heterocycles. The van der Waals surface area contributed by atoms with Gasteiger partial charge in [-0.3, -0.25) is 4.79 Å². The Hall–Kier alpha value is -2.68. The topological polar surface area (TPSA) is 115 Å². The number of hydrogen-bond acceptors (Lipinski definition) is 5. The molecule has 30 heavy (non-hydrogen) atoms. The van der Waals surface area contributed by atoms with Crippen molar-refractivity contribution in [2.75, 3.05) is 6.54 Å². The zero-order chi connectivity index (χ0) is 21.4. The number of nitrogens with zero attached hydrogens (tertiary/aromatic N) is 1. The van der Waals surface area contributed by atoms with Crippen molar-refractivity contribution in [3.63, 3.8) is 0 Å². The van der Waals surface area contributed by atoms with Gasteiger partial charge in [-0.05, 0) is 61.2 Å². The number of primary sulfonamides is 1. The minimum atomic E-state index is -3.71. The van der Waals surface area contributed by atoms with E-state index in [9.17, 15) is 13.2 Å². The van der Waals surface area contributed by atoms with Crippen molar-refractivity contribution in [2.24, 2.45) is 5.14 Å². The number of carbonyl (C=O) groups excluding carboxylic acids is 1. The summed E-state index contributed by atoms with van der Waals surface area (Å²) in [5.41, 5.74) is 1.73. The Kier molecular flexibility index (Phi) is 5.40. The van der Waals surface area contributed by atoms with E-state index in [-0.39, 0.29) is 10.8 Å². The molecule has 2 aromatic carbocycles. The standard InChI is InChI=1S/C21H20ClN3O4S/c22-16-5-3-15(4-6-16)18-13-19(25-29-18)21(10-11-21)20(26)24-12-9-14-1-7-17(8-2-14)30(23,27)28/h1-8,13H,9-12H2,(H,24,26)(H2,23,27,28). The first-order chi connectivity index (χ1) is 14.3. The van der Waals surface area contributed by atoms with Crippen molar-refractivity contribution >= 4 is 27.5 Å². The summed E-state index contributed by atoms with van der Waals surface area (Å²) in [6.45, 7) is 0.428. The molecule has 1 heterocycles. The van der Waals surface area contributed by atoms with Crippen LogP contribution >= 0.6 is 11.6 Å². The number of hydrogen-bond donors (Lipinski definition) is 2. The van der Waals surface area contributed by atoms with Crippen LogP contribution < -0.4 is 10.5 Å². The molecule has 3 aromatic rings. The second-order valence-corrected chi connectivity index (χ2v) is 9.36. The summed E-state index contributed by atoms with van der Waals surface area (Å²) in [6, 6.07) is 15.3. The number of sulfonamides is 1. The van der Waals surface area contributed by atoms with Crippen LogP contribution in [0.25, 0.3) is 11.3 Å². The van der Waals surface area contributed by atoms with Gasteiger partial charge in [0.15, 0.2) is 5.76 Å². The average molecular weight is 446 g/mol. The highest BCUT2D eigenvalue weighted by Gasteiger charge is 2.53. The van der Waals surface area contributed by atoms with E-state index in [0.717, 1.165) is 11.1 Å². The van der Waals surface area contributed by atoms with Crippen LogP contribution in [0.3, 0.4) is 0 Å². The van der Waals surface area contributed by atoms with Crippen molar-refractivity contribution in [1.29, 1.82) is 0 Å². The summed E-state index contributed by atoms with van der Waals surface area (Å²) in [5, 5.41) is 12.8. The molecule has 0 aliphatic heterocycles. The van der Waals surface area contributed by atoms with Gasteiger partial charge >= 0.3 is 0 Å². The van der Waals surface area contributed by atoms with Gasteiger partial charge in [0.2, 0.25) is 15.9 Å². The Labute approximate surface area is 179 Å². The number of nitrogens with one attached hydrogen (secondary N) is 1. The fourth-order valence-electron chi connectivity index (χ4n) is 3.31. The summed E-state index contributed by atoms with van der Waals surface area (Å²) < 4.78 is 28.1. The van der Waals surface area contributed by atoms with Gasteiger partial charge in [0.25, 0.3) is 0 Å². The summed E-state index contributed by atoms with van der Waals surface area (Å²) >= 11 is 5.92. The summed E-state index contributed by atoms with van der Waals surface area (Å²) in [6.07, 6.45) is 2.00. The van der Waals surface area contributed by atoms with Crippen LogP contribution in [0, 0.1) is 0 Å². The lowest BCUT2D eigenvalue weighted by molar-refractivity contribution is -0.123. The Morgan fingerprint density at radius 1 is 1.13 bits per heavy atom. The van der Waals surface area contributed by atoms with Gasteiger partial charge in [0, 0.05) is 23.2 Å². The first-order valence-electron chi connectivity index (χ1n) is 9.41. The van der Waals surface area contributed by atoms with Gasteiger partial charge in [-0.2, -0.15) is 0 Å². The average Bonchev–Trinajstić information content (AvgIpc) is 3.38. The number of halogens is 1. The number of amides is 1. The monoisotopic (exact) mass is 445 g/mol. The zero-order valence-corrected chi connectivity index (χ0v) is 17.5. The molecule has 0 bridgehead atoms. The molecule has 0 unspecified atom stereocenters. The molecule has 9 heteroatoms. The second-order valence-electron chi connectivity index (χ2n) is 7.36. The molecule has 156 valence electrons. The van der Waals surface area contributed by atoms with Gasteiger partial charge in [0.1, 0.15) is 0 Å². The number of nitrogens with two attached hydrogens (primary N) is 1. The van der Waals surface area contributed by atoms with Crippen molar-refractivity contribution in [3.05, 3.63) is 70.9 Å². The van der Waals surface area contributed by atoms with E-state index < -0.39 is 15.4 Å².